The van der Waals surface area contributed by atoms with E-state index in [0.717, 1.165) is 5.39 Å². The first-order valence-corrected chi connectivity index (χ1v) is 6.55. The lowest BCUT2D eigenvalue weighted by Crippen LogP contribution is -2.15. The highest BCUT2D eigenvalue weighted by molar-refractivity contribution is 5.85. The Kier molecular flexibility index (Phi) is 3.36. The third kappa shape index (κ3) is 2.36. The summed E-state index contributed by atoms with van der Waals surface area (Å²) in [5, 5.41) is 10.9. The summed E-state index contributed by atoms with van der Waals surface area (Å²) in [7, 11) is 1.32. The maximum absolute atomic E-state index is 12.1. The minimum atomic E-state index is -0.788. The van der Waals surface area contributed by atoms with E-state index in [9.17, 15) is 9.90 Å². The van der Waals surface area contributed by atoms with Crippen molar-refractivity contribution in [1.82, 2.24) is 0 Å². The number of benzene rings is 2. The van der Waals surface area contributed by atoms with E-state index in [0.29, 0.717) is 16.9 Å². The Hall–Kier alpha value is -2.75. The van der Waals surface area contributed by atoms with Gasteiger partial charge in [0.15, 0.2) is 0 Å². The van der Waals surface area contributed by atoms with Crippen LogP contribution in [-0.2, 0) is 9.53 Å². The monoisotopic (exact) mass is 282 g/mol. The second-order valence-electron chi connectivity index (χ2n) is 4.70. The van der Waals surface area contributed by atoms with Gasteiger partial charge in [-0.25, -0.2) is 0 Å². The number of ether oxygens (including phenoxy) is 1. The predicted octanol–water partition coefficient (Wildman–Crippen LogP) is 3.44. The molecular weight excluding hydrogens is 268 g/mol. The average Bonchev–Trinajstić information content (AvgIpc) is 2.92. The van der Waals surface area contributed by atoms with Crippen LogP contribution in [0.3, 0.4) is 0 Å². The zero-order valence-corrected chi connectivity index (χ0v) is 11.4. The molecule has 0 saturated carbocycles. The molecule has 1 unspecified atom stereocenters. The van der Waals surface area contributed by atoms with Crippen LogP contribution in [0.4, 0.5) is 0 Å². The molecule has 4 heteroatoms. The number of hydrogen-bond acceptors (Lipinski definition) is 4. The second kappa shape index (κ2) is 5.32. The molecule has 1 atom stereocenters. The number of aromatic hydroxyl groups is 1. The molecule has 1 aromatic heterocycles. The minimum absolute atomic E-state index is 0.0355. The number of furan rings is 1. The summed E-state index contributed by atoms with van der Waals surface area (Å²) < 4.78 is 10.6. The van der Waals surface area contributed by atoms with E-state index in [1.54, 1.807) is 24.3 Å². The number of para-hydroxylation sites is 2. The maximum Gasteiger partial charge on any atom is 0.321 e. The lowest BCUT2D eigenvalue weighted by Gasteiger charge is -2.13. The van der Waals surface area contributed by atoms with Crippen LogP contribution < -0.4 is 0 Å². The number of phenols is 1. The number of methoxy groups -OCH3 is 1. The Bertz CT molecular complexity index is 755. The van der Waals surface area contributed by atoms with Crippen LogP contribution in [0, 0.1) is 0 Å². The lowest BCUT2D eigenvalue weighted by molar-refractivity contribution is -0.141. The number of rotatable bonds is 3. The number of carbonyl (C=O) groups is 1. The normalized spacial score (nSPS) is 12.2. The molecule has 0 aliphatic carbocycles. The average molecular weight is 282 g/mol. The zero-order chi connectivity index (χ0) is 14.8. The fourth-order valence-electron chi connectivity index (χ4n) is 2.39. The van der Waals surface area contributed by atoms with Gasteiger partial charge in [0.25, 0.3) is 0 Å². The van der Waals surface area contributed by atoms with Gasteiger partial charge < -0.3 is 14.3 Å². The third-order valence-corrected chi connectivity index (χ3v) is 3.41. The highest BCUT2D eigenvalue weighted by atomic mass is 16.5. The van der Waals surface area contributed by atoms with Crippen molar-refractivity contribution in [3.63, 3.8) is 0 Å². The summed E-state index contributed by atoms with van der Waals surface area (Å²) in [5.41, 5.74) is 1.15. The van der Waals surface area contributed by atoms with Crippen LogP contribution in [0.15, 0.2) is 59.0 Å². The van der Waals surface area contributed by atoms with Gasteiger partial charge in [-0.3, -0.25) is 4.79 Å². The van der Waals surface area contributed by atoms with Crippen molar-refractivity contribution in [2.24, 2.45) is 0 Å². The van der Waals surface area contributed by atoms with Gasteiger partial charge in [0, 0.05) is 10.9 Å². The molecule has 2 aromatic carbocycles. The molecule has 3 aromatic rings. The van der Waals surface area contributed by atoms with Crippen molar-refractivity contribution in [3.05, 3.63) is 65.9 Å². The number of carbonyl (C=O) groups excluding carboxylic acids is 1. The largest absolute Gasteiger partial charge is 0.508 e. The van der Waals surface area contributed by atoms with Crippen LogP contribution in [0.5, 0.6) is 5.75 Å². The number of phenolic OH excluding ortho intramolecular Hbond substituents is 1. The Morgan fingerprint density at radius 3 is 2.57 bits per heavy atom. The number of fused-ring (bicyclic) bond motifs is 1. The van der Waals surface area contributed by atoms with Crippen molar-refractivity contribution >= 4 is 16.9 Å². The summed E-state index contributed by atoms with van der Waals surface area (Å²) in [4.78, 5) is 12.1. The molecule has 0 radical (unpaired) electrons. The maximum atomic E-state index is 12.1. The molecule has 0 saturated heterocycles. The van der Waals surface area contributed by atoms with E-state index in [2.05, 4.69) is 0 Å². The molecule has 3 rings (SSSR count). The van der Waals surface area contributed by atoms with E-state index in [1.807, 2.05) is 24.3 Å². The van der Waals surface area contributed by atoms with Gasteiger partial charge in [-0.05, 0) is 18.2 Å². The first-order chi connectivity index (χ1) is 10.2. The van der Waals surface area contributed by atoms with Crippen LogP contribution in [0.25, 0.3) is 11.0 Å². The Balaban J connectivity index is 2.16. The fraction of sp³-hybridized carbons (Fsp3) is 0.118. The molecule has 0 spiro atoms. The standard InChI is InChI=1S/C17H14O4/c1-20-17(19)16(12-7-3-4-8-13(12)18)15-10-11-6-2-5-9-14(11)21-15/h2-10,16,18H,1H3. The fourth-order valence-corrected chi connectivity index (χ4v) is 2.39. The molecule has 1 N–H and O–H groups in total. The molecule has 1 heterocycles. The summed E-state index contributed by atoms with van der Waals surface area (Å²) in [6.07, 6.45) is 0. The SMILES string of the molecule is COC(=O)C(c1cc2ccccc2o1)c1ccccc1O. The molecule has 0 amide bonds. The Morgan fingerprint density at radius 1 is 1.14 bits per heavy atom. The quantitative estimate of drug-likeness (QED) is 0.747. The first-order valence-electron chi connectivity index (χ1n) is 6.55. The molecule has 0 bridgehead atoms. The molecule has 0 aliphatic heterocycles. The van der Waals surface area contributed by atoms with Gasteiger partial charge >= 0.3 is 5.97 Å². The van der Waals surface area contributed by atoms with Gasteiger partial charge in [-0.15, -0.1) is 0 Å². The van der Waals surface area contributed by atoms with Gasteiger partial charge in [0.2, 0.25) is 0 Å². The second-order valence-corrected chi connectivity index (χ2v) is 4.70. The summed E-state index contributed by atoms with van der Waals surface area (Å²) in [5.74, 6) is -0.780. The highest BCUT2D eigenvalue weighted by Crippen LogP contribution is 2.35. The van der Waals surface area contributed by atoms with E-state index in [4.69, 9.17) is 9.15 Å². The number of esters is 1. The smallest absolute Gasteiger partial charge is 0.321 e. The zero-order valence-electron chi connectivity index (χ0n) is 11.4. The first kappa shape index (κ1) is 13.2. The van der Waals surface area contributed by atoms with Crippen molar-refractivity contribution in [2.45, 2.75) is 5.92 Å². The summed E-state index contributed by atoms with van der Waals surface area (Å²) >= 11 is 0. The topological polar surface area (TPSA) is 59.7 Å². The molecule has 106 valence electrons. The predicted molar refractivity (Wildman–Crippen MR) is 78.2 cm³/mol. The van der Waals surface area contributed by atoms with Crippen molar-refractivity contribution in [1.29, 1.82) is 0 Å². The minimum Gasteiger partial charge on any atom is -0.508 e. The molecule has 4 nitrogen and oxygen atoms in total. The van der Waals surface area contributed by atoms with Crippen LogP contribution in [0.2, 0.25) is 0 Å². The van der Waals surface area contributed by atoms with Crippen molar-refractivity contribution < 1.29 is 19.1 Å². The van der Waals surface area contributed by atoms with Gasteiger partial charge in [-0.1, -0.05) is 36.4 Å². The third-order valence-electron chi connectivity index (χ3n) is 3.41. The van der Waals surface area contributed by atoms with Gasteiger partial charge in [0.05, 0.1) is 7.11 Å². The summed E-state index contributed by atoms with van der Waals surface area (Å²) in [6, 6.07) is 16.0. The van der Waals surface area contributed by atoms with Crippen molar-refractivity contribution in [3.8, 4) is 5.75 Å². The van der Waals surface area contributed by atoms with E-state index in [-0.39, 0.29) is 5.75 Å². The Morgan fingerprint density at radius 2 is 1.86 bits per heavy atom. The van der Waals surface area contributed by atoms with Crippen LogP contribution in [0.1, 0.15) is 17.2 Å². The number of hydrogen-bond donors (Lipinski definition) is 1. The van der Waals surface area contributed by atoms with Crippen molar-refractivity contribution in [2.75, 3.05) is 7.11 Å². The summed E-state index contributed by atoms with van der Waals surface area (Å²) in [6.45, 7) is 0. The van der Waals surface area contributed by atoms with E-state index < -0.39 is 11.9 Å². The molecule has 0 aliphatic rings. The van der Waals surface area contributed by atoms with Gasteiger partial charge in [-0.2, -0.15) is 0 Å². The van der Waals surface area contributed by atoms with Gasteiger partial charge in [0.1, 0.15) is 23.0 Å². The molecule has 0 fully saturated rings. The van der Waals surface area contributed by atoms with E-state index >= 15 is 0 Å². The Labute approximate surface area is 121 Å². The lowest BCUT2D eigenvalue weighted by atomic mass is 9.95. The molecular formula is C17H14O4. The highest BCUT2D eigenvalue weighted by Gasteiger charge is 2.29. The van der Waals surface area contributed by atoms with E-state index in [1.165, 1.54) is 13.2 Å². The van der Waals surface area contributed by atoms with Crippen LogP contribution >= 0.6 is 0 Å². The van der Waals surface area contributed by atoms with Crippen LogP contribution in [-0.4, -0.2) is 18.2 Å². The molecule has 21 heavy (non-hydrogen) atoms.